The van der Waals surface area contributed by atoms with Gasteiger partial charge in [0.1, 0.15) is 0 Å². The Morgan fingerprint density at radius 1 is 1.32 bits per heavy atom. The molecule has 1 aliphatic carbocycles. The summed E-state index contributed by atoms with van der Waals surface area (Å²) in [5.74, 6) is 0.0634. The van der Waals surface area contributed by atoms with E-state index >= 15 is 0 Å². The normalized spacial score (nSPS) is 17.9. The zero-order valence-corrected chi connectivity index (χ0v) is 11.1. The molecule has 0 radical (unpaired) electrons. The van der Waals surface area contributed by atoms with Crippen molar-refractivity contribution in [1.29, 1.82) is 0 Å². The standard InChI is InChI=1S/C15H20N2O2/c18-7-6-17(14-2-1-3-14)15(19)11-4-5-12-9-16-10-13(12)8-11/h4-5,8,14,16,18H,1-3,6-7,9-10H2. The molecule has 0 unspecified atom stereocenters. The third-order valence-electron chi connectivity index (χ3n) is 4.20. The van der Waals surface area contributed by atoms with Crippen molar-refractivity contribution < 1.29 is 9.90 Å². The maximum Gasteiger partial charge on any atom is 0.254 e. The molecule has 4 heteroatoms. The van der Waals surface area contributed by atoms with Crippen molar-refractivity contribution in [3.63, 3.8) is 0 Å². The van der Waals surface area contributed by atoms with Crippen LogP contribution in [0.1, 0.15) is 40.7 Å². The van der Waals surface area contributed by atoms with Crippen LogP contribution < -0.4 is 5.32 Å². The van der Waals surface area contributed by atoms with Crippen molar-refractivity contribution in [2.75, 3.05) is 13.2 Å². The van der Waals surface area contributed by atoms with E-state index in [4.69, 9.17) is 5.11 Å². The van der Waals surface area contributed by atoms with E-state index in [1.54, 1.807) is 0 Å². The van der Waals surface area contributed by atoms with Gasteiger partial charge in [-0.15, -0.1) is 0 Å². The third-order valence-corrected chi connectivity index (χ3v) is 4.20. The van der Waals surface area contributed by atoms with Crippen molar-refractivity contribution in [3.8, 4) is 0 Å². The topological polar surface area (TPSA) is 52.6 Å². The van der Waals surface area contributed by atoms with Crippen LogP contribution in [-0.2, 0) is 13.1 Å². The third kappa shape index (κ3) is 2.38. The number of hydrogen-bond donors (Lipinski definition) is 2. The minimum atomic E-state index is 0.0364. The maximum absolute atomic E-state index is 12.6. The fourth-order valence-corrected chi connectivity index (χ4v) is 2.85. The van der Waals surface area contributed by atoms with E-state index in [-0.39, 0.29) is 12.5 Å². The summed E-state index contributed by atoms with van der Waals surface area (Å²) in [6.07, 6.45) is 3.32. The summed E-state index contributed by atoms with van der Waals surface area (Å²) in [5.41, 5.74) is 3.26. The summed E-state index contributed by atoms with van der Waals surface area (Å²) in [6.45, 7) is 2.22. The summed E-state index contributed by atoms with van der Waals surface area (Å²) in [7, 11) is 0. The Kier molecular flexibility index (Phi) is 3.53. The first-order valence-corrected chi connectivity index (χ1v) is 7.04. The lowest BCUT2D eigenvalue weighted by molar-refractivity contribution is 0.0525. The average molecular weight is 260 g/mol. The quantitative estimate of drug-likeness (QED) is 0.857. The number of nitrogens with one attached hydrogen (secondary N) is 1. The molecular formula is C15H20N2O2. The highest BCUT2D eigenvalue weighted by Gasteiger charge is 2.29. The molecule has 1 saturated carbocycles. The van der Waals surface area contributed by atoms with Gasteiger partial charge in [-0.05, 0) is 42.5 Å². The smallest absolute Gasteiger partial charge is 0.254 e. The van der Waals surface area contributed by atoms with Crippen LogP contribution in [0.15, 0.2) is 18.2 Å². The fraction of sp³-hybridized carbons (Fsp3) is 0.533. The second kappa shape index (κ2) is 5.31. The van der Waals surface area contributed by atoms with Crippen LogP contribution in [0.2, 0.25) is 0 Å². The van der Waals surface area contributed by atoms with Crippen LogP contribution in [0.3, 0.4) is 0 Å². The van der Waals surface area contributed by atoms with Crippen LogP contribution in [0, 0.1) is 0 Å². The molecule has 1 amide bonds. The first-order valence-electron chi connectivity index (χ1n) is 7.04. The first-order chi connectivity index (χ1) is 9.29. The maximum atomic E-state index is 12.6. The number of aliphatic hydroxyl groups is 1. The SMILES string of the molecule is O=C(c1ccc2c(c1)CNC2)N(CCO)C1CCC1. The van der Waals surface area contributed by atoms with Crippen LogP contribution in [0.5, 0.6) is 0 Å². The second-order valence-electron chi connectivity index (χ2n) is 5.39. The molecule has 4 nitrogen and oxygen atoms in total. The van der Waals surface area contributed by atoms with Crippen LogP contribution in [0.4, 0.5) is 0 Å². The van der Waals surface area contributed by atoms with Gasteiger partial charge < -0.3 is 15.3 Å². The van der Waals surface area contributed by atoms with Gasteiger partial charge in [0.05, 0.1) is 6.61 Å². The highest BCUT2D eigenvalue weighted by atomic mass is 16.3. The molecule has 0 saturated heterocycles. The van der Waals surface area contributed by atoms with Gasteiger partial charge in [-0.2, -0.15) is 0 Å². The van der Waals surface area contributed by atoms with Crippen molar-refractivity contribution >= 4 is 5.91 Å². The molecule has 1 aliphatic heterocycles. The largest absolute Gasteiger partial charge is 0.395 e. The molecule has 0 bridgehead atoms. The van der Waals surface area contributed by atoms with Gasteiger partial charge in [-0.1, -0.05) is 6.07 Å². The number of benzene rings is 1. The van der Waals surface area contributed by atoms with E-state index in [0.717, 1.165) is 31.5 Å². The lowest BCUT2D eigenvalue weighted by Gasteiger charge is -2.37. The van der Waals surface area contributed by atoms with E-state index < -0.39 is 0 Å². The Morgan fingerprint density at radius 2 is 2.11 bits per heavy atom. The number of nitrogens with zero attached hydrogens (tertiary/aromatic N) is 1. The van der Waals surface area contributed by atoms with Gasteiger partial charge in [0.2, 0.25) is 0 Å². The van der Waals surface area contributed by atoms with Crippen molar-refractivity contribution in [2.45, 2.75) is 38.4 Å². The highest BCUT2D eigenvalue weighted by Crippen LogP contribution is 2.26. The lowest BCUT2D eigenvalue weighted by atomic mass is 9.91. The number of aliphatic hydroxyl groups excluding tert-OH is 1. The molecule has 0 spiro atoms. The van der Waals surface area contributed by atoms with Gasteiger partial charge in [0.25, 0.3) is 5.91 Å². The van der Waals surface area contributed by atoms with Crippen LogP contribution >= 0.6 is 0 Å². The zero-order valence-electron chi connectivity index (χ0n) is 11.1. The number of carbonyl (C=O) groups excluding carboxylic acids is 1. The lowest BCUT2D eigenvalue weighted by Crippen LogP contribution is -2.45. The molecule has 1 fully saturated rings. The van der Waals surface area contributed by atoms with E-state index in [1.165, 1.54) is 17.5 Å². The van der Waals surface area contributed by atoms with Gasteiger partial charge in [0.15, 0.2) is 0 Å². The van der Waals surface area contributed by atoms with Gasteiger partial charge in [0, 0.05) is 31.2 Å². The molecule has 1 aromatic rings. The highest BCUT2D eigenvalue weighted by molar-refractivity contribution is 5.94. The van der Waals surface area contributed by atoms with Crippen LogP contribution in [-0.4, -0.2) is 35.1 Å². The molecule has 2 aliphatic rings. The number of amides is 1. The number of hydrogen-bond acceptors (Lipinski definition) is 3. The Labute approximate surface area is 113 Å². The average Bonchev–Trinajstić information content (AvgIpc) is 2.82. The second-order valence-corrected chi connectivity index (χ2v) is 5.39. The summed E-state index contributed by atoms with van der Waals surface area (Å²) < 4.78 is 0. The molecule has 19 heavy (non-hydrogen) atoms. The molecule has 0 atom stereocenters. The predicted molar refractivity (Wildman–Crippen MR) is 72.7 cm³/mol. The van der Waals surface area contributed by atoms with E-state index in [1.807, 2.05) is 23.1 Å². The number of carbonyl (C=O) groups is 1. The Bertz CT molecular complexity index is 483. The predicted octanol–water partition coefficient (Wildman–Crippen LogP) is 1.28. The molecule has 3 rings (SSSR count). The van der Waals surface area contributed by atoms with E-state index in [0.29, 0.717) is 12.6 Å². The van der Waals surface area contributed by atoms with E-state index in [2.05, 4.69) is 5.32 Å². The van der Waals surface area contributed by atoms with Gasteiger partial charge >= 0.3 is 0 Å². The van der Waals surface area contributed by atoms with Crippen LogP contribution in [0.25, 0.3) is 0 Å². The summed E-state index contributed by atoms with van der Waals surface area (Å²) in [6, 6.07) is 6.28. The van der Waals surface area contributed by atoms with Gasteiger partial charge in [-0.3, -0.25) is 4.79 Å². The minimum absolute atomic E-state index is 0.0364. The molecule has 2 N–H and O–H groups in total. The van der Waals surface area contributed by atoms with Gasteiger partial charge in [-0.25, -0.2) is 0 Å². The van der Waals surface area contributed by atoms with Crippen molar-refractivity contribution in [2.24, 2.45) is 0 Å². The zero-order chi connectivity index (χ0) is 13.2. The summed E-state index contributed by atoms with van der Waals surface area (Å²) in [5, 5.41) is 12.4. The Hall–Kier alpha value is -1.39. The molecular weight excluding hydrogens is 240 g/mol. The Balaban J connectivity index is 1.81. The molecule has 0 aromatic heterocycles. The monoisotopic (exact) mass is 260 g/mol. The minimum Gasteiger partial charge on any atom is -0.395 e. The Morgan fingerprint density at radius 3 is 2.79 bits per heavy atom. The molecule has 102 valence electrons. The number of rotatable bonds is 4. The molecule has 1 aromatic carbocycles. The van der Waals surface area contributed by atoms with Crippen molar-refractivity contribution in [3.05, 3.63) is 34.9 Å². The number of fused-ring (bicyclic) bond motifs is 1. The van der Waals surface area contributed by atoms with Crippen molar-refractivity contribution in [1.82, 2.24) is 10.2 Å². The summed E-state index contributed by atoms with van der Waals surface area (Å²) in [4.78, 5) is 14.4. The summed E-state index contributed by atoms with van der Waals surface area (Å²) >= 11 is 0. The first kappa shape index (κ1) is 12.6. The fourth-order valence-electron chi connectivity index (χ4n) is 2.85. The molecule has 1 heterocycles. The van der Waals surface area contributed by atoms with E-state index in [9.17, 15) is 4.79 Å².